The molecule has 0 aliphatic heterocycles. The summed E-state index contributed by atoms with van der Waals surface area (Å²) >= 11 is 1.52. The van der Waals surface area contributed by atoms with E-state index in [4.69, 9.17) is 10.1 Å². The zero-order valence-electron chi connectivity index (χ0n) is 23.4. The molecule has 0 spiro atoms. The van der Waals surface area contributed by atoms with Crippen LogP contribution in [0.1, 0.15) is 65.1 Å². The summed E-state index contributed by atoms with van der Waals surface area (Å²) in [6, 6.07) is 22.8. The van der Waals surface area contributed by atoms with Crippen molar-refractivity contribution in [3.8, 4) is 11.3 Å². The fourth-order valence-corrected chi connectivity index (χ4v) is 7.05. The minimum Gasteiger partial charge on any atom is -0.478 e. The van der Waals surface area contributed by atoms with Crippen LogP contribution in [-0.4, -0.2) is 37.8 Å². The molecule has 7 nitrogen and oxygen atoms in total. The van der Waals surface area contributed by atoms with Gasteiger partial charge in [0.1, 0.15) is 0 Å². The zero-order chi connectivity index (χ0) is 29.0. The van der Waals surface area contributed by atoms with Crippen LogP contribution in [-0.2, 0) is 23.1 Å². The Kier molecular flexibility index (Phi) is 8.75. The van der Waals surface area contributed by atoms with Gasteiger partial charge in [-0.1, -0.05) is 67.8 Å². The second kappa shape index (κ2) is 12.4. The van der Waals surface area contributed by atoms with Crippen molar-refractivity contribution in [3.05, 3.63) is 100 Å². The third-order valence-corrected chi connectivity index (χ3v) is 9.77. The molecule has 1 aliphatic carbocycles. The molecule has 0 unspecified atom stereocenters. The van der Waals surface area contributed by atoms with Gasteiger partial charge in [0.2, 0.25) is 10.0 Å². The third-order valence-electron chi connectivity index (χ3n) is 7.67. The molecule has 1 aliphatic rings. The van der Waals surface area contributed by atoms with Gasteiger partial charge in [0.25, 0.3) is 0 Å². The van der Waals surface area contributed by atoms with Crippen molar-refractivity contribution in [1.29, 1.82) is 0 Å². The summed E-state index contributed by atoms with van der Waals surface area (Å²) in [5.41, 5.74) is 5.90. The molecule has 0 amide bonds. The van der Waals surface area contributed by atoms with Crippen molar-refractivity contribution in [3.63, 3.8) is 0 Å². The molecular weight excluding hydrogens is 555 g/mol. The lowest BCUT2D eigenvalue weighted by Gasteiger charge is -2.24. The molecule has 5 rings (SSSR count). The number of nitrogens with zero attached hydrogens (tertiary/aromatic N) is 3. The number of hydrogen-bond donors (Lipinski definition) is 1. The Morgan fingerprint density at radius 2 is 1.51 bits per heavy atom. The number of aromatic carboxylic acids is 1. The lowest BCUT2D eigenvalue weighted by atomic mass is 9.84. The average Bonchev–Trinajstić information content (AvgIpc) is 3.47. The van der Waals surface area contributed by atoms with E-state index >= 15 is 0 Å². The third kappa shape index (κ3) is 7.15. The normalized spacial score (nSPS) is 14.1. The molecule has 0 atom stereocenters. The first-order chi connectivity index (χ1) is 19.7. The van der Waals surface area contributed by atoms with Crippen LogP contribution in [0.5, 0.6) is 0 Å². The van der Waals surface area contributed by atoms with Crippen LogP contribution in [0.25, 0.3) is 11.3 Å². The van der Waals surface area contributed by atoms with Gasteiger partial charge in [-0.25, -0.2) is 18.2 Å². The summed E-state index contributed by atoms with van der Waals surface area (Å²) in [7, 11) is -1.54. The van der Waals surface area contributed by atoms with E-state index in [1.807, 2.05) is 53.7 Å². The molecular formula is C32H35N3O4S2. The van der Waals surface area contributed by atoms with Gasteiger partial charge in [0.05, 0.1) is 29.7 Å². The van der Waals surface area contributed by atoms with Crippen molar-refractivity contribution in [2.24, 2.45) is 0 Å². The molecule has 1 aromatic heterocycles. The standard InChI is InChI=1S/C32H35N3O4S2/c1-34(20-23-10-14-28(15-11-23)31(36)37)32-33-30(22-40-32)27-16-18-29(19-17-27)35(41(2,38)39)21-24-8-12-26(13-9-24)25-6-4-3-5-7-25/h8-19,22,25H,3-7,20-21H2,1-2H3,(H,36,37). The van der Waals surface area contributed by atoms with Crippen LogP contribution < -0.4 is 9.21 Å². The smallest absolute Gasteiger partial charge is 0.335 e. The molecule has 1 fully saturated rings. The van der Waals surface area contributed by atoms with Crippen LogP contribution in [0.15, 0.2) is 78.2 Å². The highest BCUT2D eigenvalue weighted by molar-refractivity contribution is 7.92. The molecule has 1 saturated carbocycles. The molecule has 0 saturated heterocycles. The predicted molar refractivity (Wildman–Crippen MR) is 166 cm³/mol. The summed E-state index contributed by atoms with van der Waals surface area (Å²) in [6.07, 6.45) is 7.61. The number of sulfonamides is 1. The number of anilines is 2. The van der Waals surface area contributed by atoms with Gasteiger partial charge in [-0.05, 0) is 59.7 Å². The van der Waals surface area contributed by atoms with Crippen molar-refractivity contribution in [1.82, 2.24) is 4.98 Å². The summed E-state index contributed by atoms with van der Waals surface area (Å²) in [4.78, 5) is 17.9. The van der Waals surface area contributed by atoms with Crippen LogP contribution >= 0.6 is 11.3 Å². The quantitative estimate of drug-likeness (QED) is 0.211. The van der Waals surface area contributed by atoms with E-state index in [9.17, 15) is 13.2 Å². The second-order valence-corrected chi connectivity index (χ2v) is 13.5. The average molecular weight is 590 g/mol. The van der Waals surface area contributed by atoms with E-state index in [2.05, 4.69) is 24.3 Å². The Hall–Kier alpha value is -3.69. The number of hydrogen-bond acceptors (Lipinski definition) is 6. The zero-order valence-corrected chi connectivity index (χ0v) is 25.0. The number of carbonyl (C=O) groups is 1. The van der Waals surface area contributed by atoms with Crippen molar-refractivity contribution in [2.75, 3.05) is 22.5 Å². The van der Waals surface area contributed by atoms with Crippen LogP contribution in [0.3, 0.4) is 0 Å². The lowest BCUT2D eigenvalue weighted by molar-refractivity contribution is 0.0697. The predicted octanol–water partition coefficient (Wildman–Crippen LogP) is 7.16. The first-order valence-corrected chi connectivity index (χ1v) is 16.6. The van der Waals surface area contributed by atoms with Gasteiger partial charge in [0.15, 0.2) is 5.13 Å². The van der Waals surface area contributed by atoms with Gasteiger partial charge in [-0.3, -0.25) is 4.31 Å². The Bertz CT molecular complexity index is 1580. The monoisotopic (exact) mass is 589 g/mol. The molecule has 0 radical (unpaired) electrons. The lowest BCUT2D eigenvalue weighted by Crippen LogP contribution is -2.29. The van der Waals surface area contributed by atoms with Gasteiger partial charge in [0, 0.05) is 24.5 Å². The molecule has 9 heteroatoms. The Morgan fingerprint density at radius 3 is 2.12 bits per heavy atom. The number of aromatic nitrogens is 1. The minimum atomic E-state index is -3.49. The van der Waals surface area contributed by atoms with Crippen LogP contribution in [0.2, 0.25) is 0 Å². The maximum absolute atomic E-state index is 12.8. The molecule has 214 valence electrons. The molecule has 1 N–H and O–H groups in total. The largest absolute Gasteiger partial charge is 0.478 e. The van der Waals surface area contributed by atoms with Gasteiger partial charge in [-0.15, -0.1) is 11.3 Å². The van der Waals surface area contributed by atoms with Crippen LogP contribution in [0.4, 0.5) is 10.8 Å². The van der Waals surface area contributed by atoms with E-state index in [-0.39, 0.29) is 12.1 Å². The van der Waals surface area contributed by atoms with E-state index in [0.29, 0.717) is 18.2 Å². The first kappa shape index (κ1) is 28.8. The highest BCUT2D eigenvalue weighted by Crippen LogP contribution is 2.33. The Balaban J connectivity index is 1.26. The van der Waals surface area contributed by atoms with Crippen molar-refractivity contribution < 1.29 is 18.3 Å². The number of carboxylic acids is 1. The number of rotatable bonds is 10. The Labute approximate surface area is 246 Å². The van der Waals surface area contributed by atoms with Gasteiger partial charge < -0.3 is 10.0 Å². The second-order valence-electron chi connectivity index (χ2n) is 10.8. The van der Waals surface area contributed by atoms with Gasteiger partial charge >= 0.3 is 5.97 Å². The van der Waals surface area contributed by atoms with E-state index in [0.717, 1.165) is 27.5 Å². The van der Waals surface area contributed by atoms with Crippen molar-refractivity contribution in [2.45, 2.75) is 51.1 Å². The number of benzene rings is 3. The first-order valence-electron chi connectivity index (χ1n) is 13.8. The van der Waals surface area contributed by atoms with E-state index in [1.54, 1.807) is 12.1 Å². The number of thiazole rings is 1. The maximum atomic E-state index is 12.8. The Morgan fingerprint density at radius 1 is 0.902 bits per heavy atom. The van der Waals surface area contributed by atoms with Crippen LogP contribution in [0, 0.1) is 0 Å². The molecule has 1 heterocycles. The molecule has 0 bridgehead atoms. The van der Waals surface area contributed by atoms with Gasteiger partial charge in [-0.2, -0.15) is 0 Å². The molecule has 41 heavy (non-hydrogen) atoms. The summed E-state index contributed by atoms with van der Waals surface area (Å²) in [5, 5.41) is 11.9. The fraction of sp³-hybridized carbons (Fsp3) is 0.312. The number of carboxylic acid groups (broad SMARTS) is 1. The minimum absolute atomic E-state index is 0.262. The highest BCUT2D eigenvalue weighted by atomic mass is 32.2. The van der Waals surface area contributed by atoms with E-state index < -0.39 is 16.0 Å². The maximum Gasteiger partial charge on any atom is 0.335 e. The van der Waals surface area contributed by atoms with E-state index in [1.165, 1.54) is 59.6 Å². The SMILES string of the molecule is CN(Cc1ccc(C(=O)O)cc1)c1nc(-c2ccc(N(Cc3ccc(C4CCCCC4)cc3)S(C)(=O)=O)cc2)cs1. The molecule has 3 aromatic carbocycles. The van der Waals surface area contributed by atoms with Crippen molar-refractivity contribution >= 4 is 38.1 Å². The summed E-state index contributed by atoms with van der Waals surface area (Å²) < 4.78 is 27.0. The summed E-state index contributed by atoms with van der Waals surface area (Å²) in [6.45, 7) is 0.874. The topological polar surface area (TPSA) is 90.8 Å². The highest BCUT2D eigenvalue weighted by Gasteiger charge is 2.20. The summed E-state index contributed by atoms with van der Waals surface area (Å²) in [5.74, 6) is -0.323. The fourth-order valence-electron chi connectivity index (χ4n) is 5.36. The molecule has 4 aromatic rings.